The van der Waals surface area contributed by atoms with Gasteiger partial charge in [-0.05, 0) is 48.7 Å². The molecule has 0 fully saturated rings. The molecule has 0 bridgehead atoms. The molecule has 0 aliphatic carbocycles. The maximum absolute atomic E-state index is 12.5. The van der Waals surface area contributed by atoms with E-state index in [4.69, 9.17) is 9.66 Å². The predicted molar refractivity (Wildman–Crippen MR) is 89.1 cm³/mol. The largest absolute Gasteiger partial charge is 0.360 e. The van der Waals surface area contributed by atoms with E-state index in [9.17, 15) is 3.89 Å². The van der Waals surface area contributed by atoms with Crippen LogP contribution in [0.4, 0.5) is 3.89 Å². The summed E-state index contributed by atoms with van der Waals surface area (Å²) in [5.74, 6) is 0.743. The zero-order valence-electron chi connectivity index (χ0n) is 11.7. The second kappa shape index (κ2) is 6.56. The summed E-state index contributed by atoms with van der Waals surface area (Å²) in [6, 6.07) is 15.0. The summed E-state index contributed by atoms with van der Waals surface area (Å²) in [6.45, 7) is 1.88. The van der Waals surface area contributed by atoms with Gasteiger partial charge < -0.3 is 4.52 Å². The molecular formula is C16H13FN2OS2. The van der Waals surface area contributed by atoms with E-state index in [0.29, 0.717) is 4.90 Å². The van der Waals surface area contributed by atoms with Crippen molar-refractivity contribution in [1.82, 2.24) is 5.16 Å². The zero-order valence-corrected chi connectivity index (χ0v) is 13.4. The molecular weight excluding hydrogens is 319 g/mol. The number of benzene rings is 2. The minimum absolute atomic E-state index is 0.225. The highest BCUT2D eigenvalue weighted by Gasteiger charge is 2.16. The number of rotatable bonds is 4. The molecule has 22 heavy (non-hydrogen) atoms. The number of halogens is 1. The van der Waals surface area contributed by atoms with Gasteiger partial charge in [0.1, 0.15) is 11.5 Å². The minimum atomic E-state index is 0.225. The van der Waals surface area contributed by atoms with Crippen LogP contribution in [0, 0.1) is 6.92 Å². The third kappa shape index (κ3) is 2.90. The smallest absolute Gasteiger partial charge is 0.142 e. The molecule has 0 amide bonds. The first-order valence-corrected chi connectivity index (χ1v) is 8.15. The quantitative estimate of drug-likeness (QED) is 0.660. The van der Waals surface area contributed by atoms with Gasteiger partial charge in [-0.25, -0.2) is 0 Å². The Morgan fingerprint density at radius 3 is 2.14 bits per heavy atom. The Balaban J connectivity index is 2.05. The first-order valence-electron chi connectivity index (χ1n) is 6.55. The van der Waals surface area contributed by atoms with E-state index in [1.54, 1.807) is 12.1 Å². The molecule has 3 nitrogen and oxygen atoms in total. The molecule has 3 rings (SSSR count). The molecule has 1 aromatic heterocycles. The summed E-state index contributed by atoms with van der Waals surface area (Å²) in [7, 11) is 0. The van der Waals surface area contributed by atoms with Gasteiger partial charge in [0, 0.05) is 15.4 Å². The summed E-state index contributed by atoms with van der Waals surface area (Å²) >= 11 is 1.43. The van der Waals surface area contributed by atoms with Crippen molar-refractivity contribution in [2.24, 2.45) is 5.14 Å². The highest BCUT2D eigenvalue weighted by Crippen LogP contribution is 2.35. The van der Waals surface area contributed by atoms with E-state index < -0.39 is 0 Å². The van der Waals surface area contributed by atoms with Gasteiger partial charge in [-0.3, -0.25) is 5.14 Å². The Labute approximate surface area is 136 Å². The second-order valence-electron chi connectivity index (χ2n) is 4.71. The molecule has 1 heterocycles. The van der Waals surface area contributed by atoms with Crippen LogP contribution in [0.1, 0.15) is 5.76 Å². The minimum Gasteiger partial charge on any atom is -0.360 e. The van der Waals surface area contributed by atoms with Crippen LogP contribution >= 0.6 is 24.1 Å². The first-order chi connectivity index (χ1) is 10.7. The molecule has 0 unspecified atom stereocenters. The highest BCUT2D eigenvalue weighted by atomic mass is 32.2. The van der Waals surface area contributed by atoms with Crippen molar-refractivity contribution < 1.29 is 8.41 Å². The summed E-state index contributed by atoms with van der Waals surface area (Å²) in [5, 5.41) is 9.70. The van der Waals surface area contributed by atoms with Crippen LogP contribution in [0.5, 0.6) is 0 Å². The second-order valence-corrected chi connectivity index (χ2v) is 6.04. The maximum Gasteiger partial charge on any atom is 0.142 e. The van der Waals surface area contributed by atoms with Crippen LogP contribution in [0.3, 0.4) is 0 Å². The van der Waals surface area contributed by atoms with Gasteiger partial charge in [0.05, 0.1) is 17.7 Å². The van der Waals surface area contributed by atoms with E-state index in [2.05, 4.69) is 5.16 Å². The van der Waals surface area contributed by atoms with Crippen LogP contribution in [0.15, 0.2) is 62.8 Å². The van der Waals surface area contributed by atoms with E-state index in [1.165, 1.54) is 11.9 Å². The molecule has 2 aromatic carbocycles. The van der Waals surface area contributed by atoms with Gasteiger partial charge in [-0.15, -0.1) is 0 Å². The lowest BCUT2D eigenvalue weighted by atomic mass is 10.00. The van der Waals surface area contributed by atoms with Gasteiger partial charge in [0.25, 0.3) is 0 Å². The van der Waals surface area contributed by atoms with E-state index in [0.717, 1.165) is 33.0 Å². The fraction of sp³-hybridized carbons (Fsp3) is 0.0625. The van der Waals surface area contributed by atoms with Crippen molar-refractivity contribution in [2.45, 2.75) is 16.7 Å². The Bertz CT molecular complexity index is 770. The van der Waals surface area contributed by atoms with Crippen molar-refractivity contribution in [3.8, 4) is 22.4 Å². The number of hydrogen-bond acceptors (Lipinski definition) is 5. The summed E-state index contributed by atoms with van der Waals surface area (Å²) in [5.41, 5.74) is 3.59. The van der Waals surface area contributed by atoms with Gasteiger partial charge in [-0.2, -0.15) is 3.89 Å². The van der Waals surface area contributed by atoms with Crippen LogP contribution in [0.2, 0.25) is 0 Å². The SMILES string of the molecule is Cc1onc(-c2ccc(SF)cc2)c1-c1ccc(SN)cc1. The monoisotopic (exact) mass is 332 g/mol. The van der Waals surface area contributed by atoms with Crippen LogP contribution in [0.25, 0.3) is 22.4 Å². The third-order valence-corrected chi connectivity index (χ3v) is 4.35. The summed E-state index contributed by atoms with van der Waals surface area (Å²) < 4.78 is 17.9. The van der Waals surface area contributed by atoms with Crippen LogP contribution in [-0.4, -0.2) is 5.16 Å². The molecule has 0 saturated carbocycles. The van der Waals surface area contributed by atoms with Crippen molar-refractivity contribution in [2.75, 3.05) is 0 Å². The first kappa shape index (κ1) is 15.1. The fourth-order valence-corrected chi connectivity index (χ4v) is 2.81. The van der Waals surface area contributed by atoms with Crippen LogP contribution < -0.4 is 5.14 Å². The molecule has 0 spiro atoms. The van der Waals surface area contributed by atoms with E-state index >= 15 is 0 Å². The van der Waals surface area contributed by atoms with Crippen LogP contribution in [-0.2, 0) is 0 Å². The molecule has 0 atom stereocenters. The topological polar surface area (TPSA) is 52.0 Å². The maximum atomic E-state index is 12.5. The van der Waals surface area contributed by atoms with Gasteiger partial charge >= 0.3 is 0 Å². The number of nitrogens with two attached hydrogens (primary N) is 1. The Morgan fingerprint density at radius 1 is 0.955 bits per heavy atom. The van der Waals surface area contributed by atoms with Crippen molar-refractivity contribution in [1.29, 1.82) is 0 Å². The lowest BCUT2D eigenvalue weighted by Crippen LogP contribution is -1.85. The molecule has 0 aliphatic heterocycles. The highest BCUT2D eigenvalue weighted by molar-refractivity contribution is 7.97. The van der Waals surface area contributed by atoms with Gasteiger partial charge in [0.2, 0.25) is 0 Å². The number of nitrogens with zero attached hydrogens (tertiary/aromatic N) is 1. The van der Waals surface area contributed by atoms with Crippen molar-refractivity contribution in [3.05, 3.63) is 54.3 Å². The van der Waals surface area contributed by atoms with Gasteiger partial charge in [0.15, 0.2) is 0 Å². The average Bonchev–Trinajstić information content (AvgIpc) is 2.96. The predicted octanol–water partition coefficient (Wildman–Crippen LogP) is 5.26. The molecule has 112 valence electrons. The number of aromatic nitrogens is 1. The summed E-state index contributed by atoms with van der Waals surface area (Å²) in [4.78, 5) is 1.55. The van der Waals surface area contributed by atoms with Crippen molar-refractivity contribution >= 4 is 24.1 Å². The number of hydrogen-bond donors (Lipinski definition) is 1. The molecule has 3 aromatic rings. The number of aryl methyl sites for hydroxylation is 1. The van der Waals surface area contributed by atoms with E-state index in [-0.39, 0.29) is 12.1 Å². The normalized spacial score (nSPS) is 10.9. The summed E-state index contributed by atoms with van der Waals surface area (Å²) in [6.07, 6.45) is 0. The zero-order chi connectivity index (χ0) is 15.5. The standard InChI is InChI=1S/C16H13FN2OS2/c1-10-15(11-2-8-14(22-18)9-3-11)16(19-20-10)12-4-6-13(21-17)7-5-12/h2-9H,18H2,1H3. The molecule has 0 aliphatic rings. The lowest BCUT2D eigenvalue weighted by molar-refractivity contribution is 0.400. The van der Waals surface area contributed by atoms with Gasteiger partial charge in [-0.1, -0.05) is 29.4 Å². The molecule has 2 N–H and O–H groups in total. The average molecular weight is 332 g/mol. The van der Waals surface area contributed by atoms with Crippen molar-refractivity contribution in [3.63, 3.8) is 0 Å². The molecule has 0 saturated heterocycles. The Kier molecular flexibility index (Phi) is 4.52. The third-order valence-electron chi connectivity index (χ3n) is 3.36. The lowest BCUT2D eigenvalue weighted by Gasteiger charge is -2.04. The Hall–Kier alpha value is -1.76. The molecule has 0 radical (unpaired) electrons. The van der Waals surface area contributed by atoms with E-state index in [1.807, 2.05) is 43.3 Å². The fourth-order valence-electron chi connectivity index (χ4n) is 2.27. The Morgan fingerprint density at radius 2 is 1.55 bits per heavy atom. The molecule has 6 heteroatoms.